The monoisotopic (exact) mass is 185 g/mol. The summed E-state index contributed by atoms with van der Waals surface area (Å²) in [6.07, 6.45) is 7.44. The molecular formula is C11H23NO. The summed E-state index contributed by atoms with van der Waals surface area (Å²) < 4.78 is 0. The average molecular weight is 185 g/mol. The number of rotatable bonds is 4. The average Bonchev–Trinajstić information content (AvgIpc) is 2.20. The lowest BCUT2D eigenvalue weighted by Gasteiger charge is -2.38. The second-order valence-electron chi connectivity index (χ2n) is 4.59. The fourth-order valence-corrected chi connectivity index (χ4v) is 2.41. The Morgan fingerprint density at radius 3 is 2.38 bits per heavy atom. The van der Waals surface area contributed by atoms with Crippen LogP contribution >= 0.6 is 0 Å². The van der Waals surface area contributed by atoms with E-state index in [9.17, 15) is 5.11 Å². The second kappa shape index (κ2) is 4.97. The Bertz CT molecular complexity index is 133. The van der Waals surface area contributed by atoms with E-state index in [1.54, 1.807) is 0 Å². The van der Waals surface area contributed by atoms with Gasteiger partial charge >= 0.3 is 0 Å². The molecule has 78 valence electrons. The predicted molar refractivity (Wildman–Crippen MR) is 55.4 cm³/mol. The molecule has 0 unspecified atom stereocenters. The fraction of sp³-hybridized carbons (Fsp3) is 1.00. The molecule has 1 fully saturated rings. The minimum atomic E-state index is 0.0737. The molecule has 0 aliphatic heterocycles. The van der Waals surface area contributed by atoms with Gasteiger partial charge in [0.15, 0.2) is 0 Å². The van der Waals surface area contributed by atoms with E-state index in [2.05, 4.69) is 6.92 Å². The molecule has 0 heterocycles. The van der Waals surface area contributed by atoms with E-state index in [1.807, 2.05) is 0 Å². The third kappa shape index (κ3) is 2.68. The molecule has 3 N–H and O–H groups in total. The van der Waals surface area contributed by atoms with Gasteiger partial charge in [-0.15, -0.1) is 0 Å². The van der Waals surface area contributed by atoms with Gasteiger partial charge in [0, 0.05) is 18.6 Å². The lowest BCUT2D eigenvalue weighted by molar-refractivity contribution is 0.0699. The molecule has 1 aliphatic carbocycles. The van der Waals surface area contributed by atoms with E-state index in [4.69, 9.17) is 5.73 Å². The largest absolute Gasteiger partial charge is 0.396 e. The van der Waals surface area contributed by atoms with E-state index in [1.165, 1.54) is 25.7 Å². The zero-order chi connectivity index (χ0) is 9.73. The van der Waals surface area contributed by atoms with Gasteiger partial charge in [0.25, 0.3) is 0 Å². The van der Waals surface area contributed by atoms with Gasteiger partial charge in [-0.2, -0.15) is 0 Å². The Morgan fingerprint density at radius 1 is 1.38 bits per heavy atom. The third-order valence-electron chi connectivity index (χ3n) is 3.63. The summed E-state index contributed by atoms with van der Waals surface area (Å²) in [5, 5.41) is 9.28. The van der Waals surface area contributed by atoms with Crippen LogP contribution in [0.2, 0.25) is 0 Å². The summed E-state index contributed by atoms with van der Waals surface area (Å²) in [6.45, 7) is 3.18. The third-order valence-corrected chi connectivity index (χ3v) is 3.63. The highest BCUT2D eigenvalue weighted by Crippen LogP contribution is 2.39. The van der Waals surface area contributed by atoms with Crippen LogP contribution in [-0.2, 0) is 0 Å². The Kier molecular flexibility index (Phi) is 4.20. The molecule has 2 heteroatoms. The number of hydrogen-bond donors (Lipinski definition) is 2. The summed E-state index contributed by atoms with van der Waals surface area (Å²) in [6, 6.07) is 0. The number of aliphatic hydroxyl groups is 1. The van der Waals surface area contributed by atoms with Crippen LogP contribution in [0.4, 0.5) is 0 Å². The van der Waals surface area contributed by atoms with E-state index in [-0.39, 0.29) is 12.0 Å². The Morgan fingerprint density at radius 2 is 2.00 bits per heavy atom. The molecule has 0 amide bonds. The van der Waals surface area contributed by atoms with Crippen LogP contribution in [0.25, 0.3) is 0 Å². The van der Waals surface area contributed by atoms with Crippen molar-refractivity contribution < 1.29 is 5.11 Å². The van der Waals surface area contributed by atoms with Crippen LogP contribution in [0.15, 0.2) is 0 Å². The predicted octanol–water partition coefficient (Wildman–Crippen LogP) is 1.91. The van der Waals surface area contributed by atoms with Crippen molar-refractivity contribution in [2.75, 3.05) is 13.2 Å². The van der Waals surface area contributed by atoms with Crippen molar-refractivity contribution in [3.05, 3.63) is 0 Å². The zero-order valence-electron chi connectivity index (χ0n) is 8.76. The molecule has 1 rings (SSSR count). The van der Waals surface area contributed by atoms with Gasteiger partial charge in [-0.1, -0.05) is 19.8 Å². The van der Waals surface area contributed by atoms with Gasteiger partial charge in [-0.3, -0.25) is 0 Å². The summed E-state index contributed by atoms with van der Waals surface area (Å²) in [4.78, 5) is 0. The van der Waals surface area contributed by atoms with Gasteiger partial charge in [0.1, 0.15) is 0 Å². The quantitative estimate of drug-likeness (QED) is 0.703. The molecule has 0 radical (unpaired) electrons. The molecular weight excluding hydrogens is 162 g/mol. The lowest BCUT2D eigenvalue weighted by atomic mass is 9.70. The van der Waals surface area contributed by atoms with E-state index in [0.717, 1.165) is 18.8 Å². The Balaban J connectivity index is 2.36. The van der Waals surface area contributed by atoms with Crippen molar-refractivity contribution in [2.45, 2.75) is 45.4 Å². The molecule has 0 saturated heterocycles. The minimum absolute atomic E-state index is 0.0737. The summed E-state index contributed by atoms with van der Waals surface area (Å²) in [5.41, 5.74) is 5.78. The van der Waals surface area contributed by atoms with Crippen molar-refractivity contribution in [1.29, 1.82) is 0 Å². The topological polar surface area (TPSA) is 46.2 Å². The van der Waals surface area contributed by atoms with Gasteiger partial charge in [-0.25, -0.2) is 0 Å². The smallest absolute Gasteiger partial charge is 0.0499 e. The van der Waals surface area contributed by atoms with Crippen molar-refractivity contribution in [3.8, 4) is 0 Å². The van der Waals surface area contributed by atoms with E-state index in [0.29, 0.717) is 6.54 Å². The van der Waals surface area contributed by atoms with Crippen molar-refractivity contribution >= 4 is 0 Å². The Hall–Kier alpha value is -0.0800. The maximum Gasteiger partial charge on any atom is 0.0499 e. The molecule has 0 atom stereocenters. The maximum absolute atomic E-state index is 9.28. The standard InChI is InChI=1S/C11H23NO/c1-2-3-10-4-6-11(8-12,9-13)7-5-10/h10,13H,2-9,12H2,1H3. The first-order chi connectivity index (χ1) is 6.26. The van der Waals surface area contributed by atoms with Gasteiger partial charge < -0.3 is 10.8 Å². The normalized spacial score (nSPS) is 34.8. The highest BCUT2D eigenvalue weighted by molar-refractivity contribution is 4.85. The first kappa shape index (κ1) is 11.0. The maximum atomic E-state index is 9.28. The molecule has 0 spiro atoms. The summed E-state index contributed by atoms with van der Waals surface area (Å²) in [5.74, 6) is 0.899. The molecule has 0 aromatic rings. The number of hydrogen-bond acceptors (Lipinski definition) is 2. The SMILES string of the molecule is CCCC1CCC(CN)(CO)CC1. The molecule has 1 aliphatic rings. The van der Waals surface area contributed by atoms with Crippen LogP contribution < -0.4 is 5.73 Å². The van der Waals surface area contributed by atoms with Crippen LogP contribution in [0.1, 0.15) is 45.4 Å². The van der Waals surface area contributed by atoms with Crippen molar-refractivity contribution in [2.24, 2.45) is 17.1 Å². The number of aliphatic hydroxyl groups excluding tert-OH is 1. The lowest BCUT2D eigenvalue weighted by Crippen LogP contribution is -2.37. The summed E-state index contributed by atoms with van der Waals surface area (Å²) in [7, 11) is 0. The van der Waals surface area contributed by atoms with Crippen LogP contribution in [0, 0.1) is 11.3 Å². The van der Waals surface area contributed by atoms with Crippen LogP contribution in [-0.4, -0.2) is 18.3 Å². The first-order valence-corrected chi connectivity index (χ1v) is 5.57. The molecule has 13 heavy (non-hydrogen) atoms. The molecule has 2 nitrogen and oxygen atoms in total. The van der Waals surface area contributed by atoms with E-state index < -0.39 is 0 Å². The molecule has 1 saturated carbocycles. The Labute approximate surface area is 81.5 Å². The van der Waals surface area contributed by atoms with Crippen LogP contribution in [0.5, 0.6) is 0 Å². The summed E-state index contributed by atoms with van der Waals surface area (Å²) >= 11 is 0. The minimum Gasteiger partial charge on any atom is -0.396 e. The number of nitrogens with two attached hydrogens (primary N) is 1. The highest BCUT2D eigenvalue weighted by Gasteiger charge is 2.32. The highest BCUT2D eigenvalue weighted by atomic mass is 16.3. The van der Waals surface area contributed by atoms with Gasteiger partial charge in [0.2, 0.25) is 0 Å². The fourth-order valence-electron chi connectivity index (χ4n) is 2.41. The van der Waals surface area contributed by atoms with Gasteiger partial charge in [-0.05, 0) is 31.6 Å². The first-order valence-electron chi connectivity index (χ1n) is 5.57. The molecule has 0 aromatic carbocycles. The molecule has 0 aromatic heterocycles. The van der Waals surface area contributed by atoms with Crippen molar-refractivity contribution in [3.63, 3.8) is 0 Å². The second-order valence-corrected chi connectivity index (χ2v) is 4.59. The molecule has 0 bridgehead atoms. The van der Waals surface area contributed by atoms with E-state index >= 15 is 0 Å². The van der Waals surface area contributed by atoms with Crippen molar-refractivity contribution in [1.82, 2.24) is 0 Å². The van der Waals surface area contributed by atoms with Crippen LogP contribution in [0.3, 0.4) is 0 Å². The van der Waals surface area contributed by atoms with Gasteiger partial charge in [0.05, 0.1) is 0 Å². The zero-order valence-corrected chi connectivity index (χ0v) is 8.76.